The monoisotopic (exact) mass is 355 g/mol. The highest BCUT2D eigenvalue weighted by Crippen LogP contribution is 2.22. The molecule has 0 aliphatic rings. The molecule has 3 rings (SSSR count). The molecule has 3 aromatic rings. The van der Waals surface area contributed by atoms with Crippen LogP contribution in [0.15, 0.2) is 54.7 Å². The van der Waals surface area contributed by atoms with Gasteiger partial charge < -0.3 is 5.32 Å². The number of aromatic nitrogens is 1. The number of nitrogens with one attached hydrogen (secondary N) is 2. The average Bonchev–Trinajstić information content (AvgIpc) is 2.61. The number of halogens is 2. The van der Waals surface area contributed by atoms with Crippen molar-refractivity contribution in [2.75, 3.05) is 5.32 Å². The molecule has 0 unspecified atom stereocenters. The van der Waals surface area contributed by atoms with E-state index in [1.54, 1.807) is 32.2 Å². The first kappa shape index (κ1) is 17.9. The lowest BCUT2D eigenvalue weighted by Crippen LogP contribution is -2.39. The van der Waals surface area contributed by atoms with Gasteiger partial charge in [0.15, 0.2) is 0 Å². The van der Waals surface area contributed by atoms with Crippen molar-refractivity contribution in [3.05, 3.63) is 71.9 Å². The van der Waals surface area contributed by atoms with E-state index in [1.165, 1.54) is 12.1 Å². The standard InChI is InChI=1S/C20H19F2N3O/c1-12(15-9-8-14(21)11-17(15)22)24-13(2)20(26)25-19-7-3-6-18-16(19)5-4-10-23-18/h3-13,24H,1-2H3,(H,25,26)/t12-,13-/m1/s1. The van der Waals surface area contributed by atoms with Gasteiger partial charge in [-0.1, -0.05) is 12.1 Å². The van der Waals surface area contributed by atoms with E-state index in [4.69, 9.17) is 0 Å². The predicted molar refractivity (Wildman–Crippen MR) is 97.7 cm³/mol. The Morgan fingerprint density at radius 3 is 2.65 bits per heavy atom. The van der Waals surface area contributed by atoms with E-state index >= 15 is 0 Å². The molecule has 2 N–H and O–H groups in total. The van der Waals surface area contributed by atoms with E-state index in [0.29, 0.717) is 11.3 Å². The van der Waals surface area contributed by atoms with Gasteiger partial charge in [-0.15, -0.1) is 0 Å². The average molecular weight is 355 g/mol. The Labute approximate surface area is 150 Å². The van der Waals surface area contributed by atoms with Crippen molar-refractivity contribution in [2.45, 2.75) is 25.9 Å². The number of hydrogen-bond acceptors (Lipinski definition) is 3. The summed E-state index contributed by atoms with van der Waals surface area (Å²) in [7, 11) is 0. The lowest BCUT2D eigenvalue weighted by molar-refractivity contribution is -0.117. The molecule has 0 aliphatic carbocycles. The summed E-state index contributed by atoms with van der Waals surface area (Å²) >= 11 is 0. The molecule has 1 heterocycles. The molecule has 6 heteroatoms. The van der Waals surface area contributed by atoms with Gasteiger partial charge in [0.2, 0.25) is 5.91 Å². The summed E-state index contributed by atoms with van der Waals surface area (Å²) in [4.78, 5) is 16.8. The van der Waals surface area contributed by atoms with E-state index < -0.39 is 23.7 Å². The number of nitrogens with zero attached hydrogens (tertiary/aromatic N) is 1. The first-order valence-corrected chi connectivity index (χ1v) is 8.31. The molecule has 0 saturated heterocycles. The van der Waals surface area contributed by atoms with Gasteiger partial charge in [-0.2, -0.15) is 0 Å². The van der Waals surface area contributed by atoms with Crippen LogP contribution in [-0.4, -0.2) is 16.9 Å². The van der Waals surface area contributed by atoms with Gasteiger partial charge in [0.25, 0.3) is 0 Å². The first-order valence-electron chi connectivity index (χ1n) is 8.31. The first-order chi connectivity index (χ1) is 12.5. The summed E-state index contributed by atoms with van der Waals surface area (Å²) in [6, 6.07) is 11.6. The zero-order valence-electron chi connectivity index (χ0n) is 14.5. The number of anilines is 1. The van der Waals surface area contributed by atoms with Crippen molar-refractivity contribution >= 4 is 22.5 Å². The topological polar surface area (TPSA) is 54.0 Å². The van der Waals surface area contributed by atoms with Gasteiger partial charge in [0, 0.05) is 29.3 Å². The highest BCUT2D eigenvalue weighted by Gasteiger charge is 2.19. The molecule has 0 saturated carbocycles. The number of carbonyl (C=O) groups excluding carboxylic acids is 1. The van der Waals surface area contributed by atoms with E-state index in [0.717, 1.165) is 17.0 Å². The fourth-order valence-electron chi connectivity index (χ4n) is 2.85. The summed E-state index contributed by atoms with van der Waals surface area (Å²) < 4.78 is 26.9. The van der Waals surface area contributed by atoms with E-state index in [-0.39, 0.29) is 5.91 Å². The van der Waals surface area contributed by atoms with Gasteiger partial charge in [-0.25, -0.2) is 8.78 Å². The number of benzene rings is 2. The molecule has 0 radical (unpaired) electrons. The van der Waals surface area contributed by atoms with Crippen molar-refractivity contribution in [1.82, 2.24) is 10.3 Å². The molecule has 1 amide bonds. The molecular formula is C20H19F2N3O. The largest absolute Gasteiger partial charge is 0.324 e. The number of amides is 1. The molecular weight excluding hydrogens is 336 g/mol. The summed E-state index contributed by atoms with van der Waals surface area (Å²) in [6.45, 7) is 3.42. The Kier molecular flexibility index (Phi) is 5.23. The maximum Gasteiger partial charge on any atom is 0.241 e. The Balaban J connectivity index is 1.71. The SMILES string of the molecule is C[C@@H](N[C@H](C)c1ccc(F)cc1F)C(=O)Nc1cccc2ncccc12. The second kappa shape index (κ2) is 7.58. The molecule has 0 bridgehead atoms. The molecule has 0 spiro atoms. The second-order valence-electron chi connectivity index (χ2n) is 6.14. The van der Waals surface area contributed by atoms with Crippen LogP contribution < -0.4 is 10.6 Å². The Morgan fingerprint density at radius 1 is 1.08 bits per heavy atom. The fraction of sp³-hybridized carbons (Fsp3) is 0.200. The van der Waals surface area contributed by atoms with Crippen molar-refractivity contribution < 1.29 is 13.6 Å². The molecule has 2 aromatic carbocycles. The normalized spacial score (nSPS) is 13.4. The predicted octanol–water partition coefficient (Wildman–Crippen LogP) is 4.19. The number of hydrogen-bond donors (Lipinski definition) is 2. The molecule has 4 nitrogen and oxygen atoms in total. The van der Waals surface area contributed by atoms with Crippen LogP contribution >= 0.6 is 0 Å². The van der Waals surface area contributed by atoms with Gasteiger partial charge in [0.1, 0.15) is 11.6 Å². The molecule has 2 atom stereocenters. The minimum atomic E-state index is -0.641. The zero-order valence-corrected chi connectivity index (χ0v) is 14.5. The number of fused-ring (bicyclic) bond motifs is 1. The third-order valence-electron chi connectivity index (χ3n) is 4.23. The smallest absolute Gasteiger partial charge is 0.241 e. The maximum absolute atomic E-state index is 13.9. The van der Waals surface area contributed by atoms with Gasteiger partial charge in [-0.05, 0) is 44.2 Å². The molecule has 1 aromatic heterocycles. The molecule has 26 heavy (non-hydrogen) atoms. The van der Waals surface area contributed by atoms with Crippen LogP contribution in [0.25, 0.3) is 10.9 Å². The third kappa shape index (κ3) is 3.86. The Morgan fingerprint density at radius 2 is 1.88 bits per heavy atom. The lowest BCUT2D eigenvalue weighted by atomic mass is 10.1. The van der Waals surface area contributed by atoms with Gasteiger partial charge in [-0.3, -0.25) is 15.1 Å². The van der Waals surface area contributed by atoms with Crippen LogP contribution in [-0.2, 0) is 4.79 Å². The summed E-state index contributed by atoms with van der Waals surface area (Å²) in [5.41, 5.74) is 1.75. The second-order valence-corrected chi connectivity index (χ2v) is 6.14. The van der Waals surface area contributed by atoms with E-state index in [1.807, 2.05) is 18.2 Å². The molecule has 0 fully saturated rings. The van der Waals surface area contributed by atoms with Gasteiger partial charge in [0.05, 0.1) is 17.2 Å². The molecule has 134 valence electrons. The van der Waals surface area contributed by atoms with Crippen LogP contribution in [0.4, 0.5) is 14.5 Å². The number of pyridine rings is 1. The van der Waals surface area contributed by atoms with Crippen LogP contribution in [0.1, 0.15) is 25.5 Å². The number of rotatable bonds is 5. The van der Waals surface area contributed by atoms with Crippen molar-refractivity contribution in [2.24, 2.45) is 0 Å². The Hall–Kier alpha value is -2.86. The van der Waals surface area contributed by atoms with Crippen molar-refractivity contribution in [1.29, 1.82) is 0 Å². The summed E-state index contributed by atoms with van der Waals surface area (Å²) in [5.74, 6) is -1.53. The van der Waals surface area contributed by atoms with Crippen LogP contribution in [0.2, 0.25) is 0 Å². The minimum Gasteiger partial charge on any atom is -0.324 e. The highest BCUT2D eigenvalue weighted by molar-refractivity contribution is 6.02. The molecule has 0 aliphatic heterocycles. The van der Waals surface area contributed by atoms with Gasteiger partial charge >= 0.3 is 0 Å². The third-order valence-corrected chi connectivity index (χ3v) is 4.23. The van der Waals surface area contributed by atoms with Crippen LogP contribution in [0.5, 0.6) is 0 Å². The minimum absolute atomic E-state index is 0.254. The highest BCUT2D eigenvalue weighted by atomic mass is 19.1. The quantitative estimate of drug-likeness (QED) is 0.721. The fourth-order valence-corrected chi connectivity index (χ4v) is 2.85. The van der Waals surface area contributed by atoms with E-state index in [9.17, 15) is 13.6 Å². The summed E-state index contributed by atoms with van der Waals surface area (Å²) in [6.07, 6.45) is 1.69. The lowest BCUT2D eigenvalue weighted by Gasteiger charge is -2.21. The van der Waals surface area contributed by atoms with E-state index in [2.05, 4.69) is 15.6 Å². The van der Waals surface area contributed by atoms with Crippen LogP contribution in [0, 0.1) is 11.6 Å². The maximum atomic E-state index is 13.9. The Bertz CT molecular complexity index is 940. The van der Waals surface area contributed by atoms with Crippen molar-refractivity contribution in [3.8, 4) is 0 Å². The summed E-state index contributed by atoms with van der Waals surface area (Å²) in [5, 5.41) is 6.75. The van der Waals surface area contributed by atoms with Crippen LogP contribution in [0.3, 0.4) is 0 Å². The van der Waals surface area contributed by atoms with Crippen molar-refractivity contribution in [3.63, 3.8) is 0 Å². The zero-order chi connectivity index (χ0) is 18.7. The number of carbonyl (C=O) groups is 1.